The topological polar surface area (TPSA) is 58.6 Å². The molecule has 1 amide bonds. The first-order chi connectivity index (χ1) is 9.61. The van der Waals surface area contributed by atoms with E-state index >= 15 is 0 Å². The molecule has 4 nitrogen and oxygen atoms in total. The van der Waals surface area contributed by atoms with E-state index in [1.54, 1.807) is 25.3 Å². The van der Waals surface area contributed by atoms with Gasteiger partial charge in [0.2, 0.25) is 0 Å². The Bertz CT molecular complexity index is 586. The summed E-state index contributed by atoms with van der Waals surface area (Å²) in [5, 5.41) is 16.4. The fourth-order valence-electron chi connectivity index (χ4n) is 1.67. The summed E-state index contributed by atoms with van der Waals surface area (Å²) in [6, 6.07) is 7.00. The maximum atomic E-state index is 12.1. The van der Waals surface area contributed by atoms with Gasteiger partial charge in [0.15, 0.2) is 0 Å². The standard InChI is InChI=1S/C14H14BrNO3S/c1-19-10-2-3-12(15)11(6-10)14(18)16-7-13(17)9-4-5-20-8-9/h2-6,8,13,17H,7H2,1H3,(H,16,18). The first-order valence-electron chi connectivity index (χ1n) is 5.93. The van der Waals surface area contributed by atoms with Crippen LogP contribution in [0.25, 0.3) is 0 Å². The smallest absolute Gasteiger partial charge is 0.252 e. The van der Waals surface area contributed by atoms with Crippen molar-refractivity contribution in [3.05, 3.63) is 50.6 Å². The van der Waals surface area contributed by atoms with Gasteiger partial charge < -0.3 is 15.2 Å². The Labute approximate surface area is 129 Å². The Morgan fingerprint density at radius 1 is 1.50 bits per heavy atom. The maximum absolute atomic E-state index is 12.1. The predicted octanol–water partition coefficient (Wildman–Crippen LogP) is 2.98. The van der Waals surface area contributed by atoms with Crippen LogP contribution in [-0.2, 0) is 0 Å². The number of benzene rings is 1. The highest BCUT2D eigenvalue weighted by Gasteiger charge is 2.14. The Morgan fingerprint density at radius 2 is 2.30 bits per heavy atom. The summed E-state index contributed by atoms with van der Waals surface area (Å²) in [6.07, 6.45) is -0.699. The van der Waals surface area contributed by atoms with E-state index in [0.717, 1.165) is 5.56 Å². The number of ether oxygens (including phenoxy) is 1. The van der Waals surface area contributed by atoms with Gasteiger partial charge in [-0.05, 0) is 56.5 Å². The average molecular weight is 356 g/mol. The zero-order valence-electron chi connectivity index (χ0n) is 10.8. The Morgan fingerprint density at radius 3 is 2.95 bits per heavy atom. The lowest BCUT2D eigenvalue weighted by molar-refractivity contribution is 0.0915. The van der Waals surface area contributed by atoms with Crippen molar-refractivity contribution in [1.82, 2.24) is 5.32 Å². The highest BCUT2D eigenvalue weighted by molar-refractivity contribution is 9.10. The number of amides is 1. The van der Waals surface area contributed by atoms with Crippen molar-refractivity contribution in [2.75, 3.05) is 13.7 Å². The second kappa shape index (κ2) is 6.88. The monoisotopic (exact) mass is 355 g/mol. The van der Waals surface area contributed by atoms with E-state index in [4.69, 9.17) is 4.74 Å². The fraction of sp³-hybridized carbons (Fsp3) is 0.214. The van der Waals surface area contributed by atoms with Gasteiger partial charge >= 0.3 is 0 Å². The molecule has 0 fully saturated rings. The fourth-order valence-corrected chi connectivity index (χ4v) is 2.81. The summed E-state index contributed by atoms with van der Waals surface area (Å²) >= 11 is 4.84. The molecule has 1 aromatic carbocycles. The first kappa shape index (κ1) is 15.0. The van der Waals surface area contributed by atoms with Crippen LogP contribution in [0.2, 0.25) is 0 Å². The van der Waals surface area contributed by atoms with E-state index < -0.39 is 6.10 Å². The van der Waals surface area contributed by atoms with E-state index in [1.165, 1.54) is 11.3 Å². The van der Waals surface area contributed by atoms with Crippen molar-refractivity contribution >= 4 is 33.2 Å². The van der Waals surface area contributed by atoms with Crippen LogP contribution in [-0.4, -0.2) is 24.7 Å². The van der Waals surface area contributed by atoms with Crippen molar-refractivity contribution in [3.63, 3.8) is 0 Å². The number of aliphatic hydroxyl groups excluding tert-OH is 1. The summed E-state index contributed by atoms with van der Waals surface area (Å²) in [6.45, 7) is 0.166. The summed E-state index contributed by atoms with van der Waals surface area (Å²) in [5.41, 5.74) is 1.28. The number of thiophene rings is 1. The van der Waals surface area contributed by atoms with Crippen molar-refractivity contribution in [2.24, 2.45) is 0 Å². The third-order valence-electron chi connectivity index (χ3n) is 2.80. The van der Waals surface area contributed by atoms with Crippen LogP contribution in [0.5, 0.6) is 5.75 Å². The first-order valence-corrected chi connectivity index (χ1v) is 7.67. The van der Waals surface area contributed by atoms with Gasteiger partial charge in [0.1, 0.15) is 5.75 Å². The summed E-state index contributed by atoms with van der Waals surface area (Å²) in [4.78, 5) is 12.1. The minimum Gasteiger partial charge on any atom is -0.497 e. The highest BCUT2D eigenvalue weighted by Crippen LogP contribution is 2.22. The quantitative estimate of drug-likeness (QED) is 0.866. The summed E-state index contributed by atoms with van der Waals surface area (Å²) < 4.78 is 5.78. The zero-order valence-corrected chi connectivity index (χ0v) is 13.2. The van der Waals surface area contributed by atoms with Crippen LogP contribution in [0.15, 0.2) is 39.5 Å². The van der Waals surface area contributed by atoms with Gasteiger partial charge in [-0.3, -0.25) is 4.79 Å². The number of aliphatic hydroxyl groups is 1. The molecule has 1 aromatic heterocycles. The third-order valence-corrected chi connectivity index (χ3v) is 4.20. The minimum atomic E-state index is -0.699. The number of carbonyl (C=O) groups excluding carboxylic acids is 1. The van der Waals surface area contributed by atoms with E-state index in [2.05, 4.69) is 21.2 Å². The molecule has 0 aliphatic carbocycles. The molecule has 106 valence electrons. The van der Waals surface area contributed by atoms with Crippen LogP contribution in [0, 0.1) is 0 Å². The molecule has 20 heavy (non-hydrogen) atoms. The van der Waals surface area contributed by atoms with Crippen molar-refractivity contribution in [3.8, 4) is 5.75 Å². The highest BCUT2D eigenvalue weighted by atomic mass is 79.9. The minimum absolute atomic E-state index is 0.166. The van der Waals surface area contributed by atoms with E-state index in [1.807, 2.05) is 16.8 Å². The number of hydrogen-bond acceptors (Lipinski definition) is 4. The number of methoxy groups -OCH3 is 1. The average Bonchev–Trinajstić information content (AvgIpc) is 2.99. The molecule has 0 aliphatic rings. The molecule has 2 rings (SSSR count). The molecular weight excluding hydrogens is 342 g/mol. The Kier molecular flexibility index (Phi) is 5.17. The molecule has 1 atom stereocenters. The molecular formula is C14H14BrNO3S. The number of halogens is 1. The van der Waals surface area contributed by atoms with Gasteiger partial charge in [-0.15, -0.1) is 0 Å². The molecule has 0 saturated heterocycles. The van der Waals surface area contributed by atoms with E-state index in [9.17, 15) is 9.90 Å². The number of carbonyl (C=O) groups is 1. The molecule has 2 aromatic rings. The Balaban J connectivity index is 2.01. The normalized spacial score (nSPS) is 11.9. The maximum Gasteiger partial charge on any atom is 0.252 e. The summed E-state index contributed by atoms with van der Waals surface area (Å²) in [5.74, 6) is 0.349. The number of nitrogens with one attached hydrogen (secondary N) is 1. The van der Waals surface area contributed by atoms with Gasteiger partial charge in [-0.2, -0.15) is 11.3 Å². The van der Waals surface area contributed by atoms with Crippen LogP contribution in [0.3, 0.4) is 0 Å². The van der Waals surface area contributed by atoms with Gasteiger partial charge in [-0.1, -0.05) is 0 Å². The molecule has 0 spiro atoms. The number of hydrogen-bond donors (Lipinski definition) is 2. The van der Waals surface area contributed by atoms with Crippen molar-refractivity contribution in [2.45, 2.75) is 6.10 Å². The SMILES string of the molecule is COc1ccc(Br)c(C(=O)NCC(O)c2ccsc2)c1. The van der Waals surface area contributed by atoms with Crippen LogP contribution in [0.1, 0.15) is 22.0 Å². The molecule has 1 unspecified atom stereocenters. The number of rotatable bonds is 5. The second-order valence-corrected chi connectivity index (χ2v) is 5.76. The molecule has 2 N–H and O–H groups in total. The molecule has 6 heteroatoms. The van der Waals surface area contributed by atoms with Crippen molar-refractivity contribution in [1.29, 1.82) is 0 Å². The van der Waals surface area contributed by atoms with E-state index in [0.29, 0.717) is 15.8 Å². The molecule has 0 bridgehead atoms. The van der Waals surface area contributed by atoms with Crippen LogP contribution < -0.4 is 10.1 Å². The lowest BCUT2D eigenvalue weighted by Crippen LogP contribution is -2.28. The van der Waals surface area contributed by atoms with Gasteiger partial charge in [0.25, 0.3) is 5.91 Å². The van der Waals surface area contributed by atoms with Gasteiger partial charge in [-0.25, -0.2) is 0 Å². The predicted molar refractivity (Wildman–Crippen MR) is 82.3 cm³/mol. The lowest BCUT2D eigenvalue weighted by atomic mass is 10.1. The molecule has 1 heterocycles. The van der Waals surface area contributed by atoms with Crippen LogP contribution in [0.4, 0.5) is 0 Å². The third kappa shape index (κ3) is 3.59. The largest absolute Gasteiger partial charge is 0.497 e. The second-order valence-electron chi connectivity index (χ2n) is 4.13. The van der Waals surface area contributed by atoms with Gasteiger partial charge in [0, 0.05) is 11.0 Å². The summed E-state index contributed by atoms with van der Waals surface area (Å²) in [7, 11) is 1.55. The van der Waals surface area contributed by atoms with Crippen LogP contribution >= 0.6 is 27.3 Å². The van der Waals surface area contributed by atoms with E-state index in [-0.39, 0.29) is 12.5 Å². The van der Waals surface area contributed by atoms with Gasteiger partial charge in [0.05, 0.1) is 18.8 Å². The zero-order chi connectivity index (χ0) is 14.5. The lowest BCUT2D eigenvalue weighted by Gasteiger charge is -2.12. The molecule has 0 radical (unpaired) electrons. The Hall–Kier alpha value is -1.37. The van der Waals surface area contributed by atoms with Crippen molar-refractivity contribution < 1.29 is 14.6 Å². The molecule has 0 saturated carbocycles. The molecule has 0 aliphatic heterocycles.